The van der Waals surface area contributed by atoms with Crippen molar-refractivity contribution in [2.24, 2.45) is 5.92 Å². The predicted molar refractivity (Wildman–Crippen MR) is 141 cm³/mol. The number of amides is 1. The summed E-state index contributed by atoms with van der Waals surface area (Å²) in [6.45, 7) is 7.00. The van der Waals surface area contributed by atoms with E-state index in [1.807, 2.05) is 18.3 Å². The van der Waals surface area contributed by atoms with Crippen LogP contribution in [-0.2, 0) is 5.41 Å². The molecule has 3 N–H and O–H groups in total. The molecule has 35 heavy (non-hydrogen) atoms. The summed E-state index contributed by atoms with van der Waals surface area (Å²) in [6, 6.07) is 12.0. The highest BCUT2D eigenvalue weighted by Gasteiger charge is 2.33. The topological polar surface area (TPSA) is 85.9 Å². The molecule has 182 valence electrons. The number of benzene rings is 1. The van der Waals surface area contributed by atoms with E-state index in [9.17, 15) is 4.79 Å². The van der Waals surface area contributed by atoms with Crippen LogP contribution in [-0.4, -0.2) is 52.2 Å². The number of carbonyl (C=O) groups is 1. The fraction of sp³-hybridized carbons (Fsp3) is 0.393. The van der Waals surface area contributed by atoms with E-state index in [1.54, 1.807) is 18.3 Å². The van der Waals surface area contributed by atoms with E-state index in [4.69, 9.17) is 0 Å². The number of H-pyrrole nitrogens is 1. The van der Waals surface area contributed by atoms with E-state index >= 15 is 0 Å². The summed E-state index contributed by atoms with van der Waals surface area (Å²) in [7, 11) is 2.20. The van der Waals surface area contributed by atoms with Crippen LogP contribution < -0.4 is 21.2 Å². The Morgan fingerprint density at radius 3 is 2.69 bits per heavy atom. The summed E-state index contributed by atoms with van der Waals surface area (Å²) < 4.78 is 0. The Kier molecular flexibility index (Phi) is 6.43. The van der Waals surface area contributed by atoms with Crippen molar-refractivity contribution >= 4 is 29.6 Å². The van der Waals surface area contributed by atoms with Gasteiger partial charge in [0.2, 0.25) is 0 Å². The lowest BCUT2D eigenvalue weighted by atomic mass is 9.69. The van der Waals surface area contributed by atoms with Crippen molar-refractivity contribution in [2.75, 3.05) is 30.8 Å². The molecule has 2 aromatic heterocycles. The number of likely N-dealkylation sites (tertiary alicyclic amines) is 1. The summed E-state index contributed by atoms with van der Waals surface area (Å²) in [5, 5.41) is 15.6. The van der Waals surface area contributed by atoms with Crippen LogP contribution in [0, 0.1) is 5.92 Å². The zero-order chi connectivity index (χ0) is 24.4. The van der Waals surface area contributed by atoms with Crippen LogP contribution >= 0.6 is 0 Å². The monoisotopic (exact) mass is 470 g/mol. The number of hydrogen-bond donors (Lipinski definition) is 3. The predicted octanol–water partition coefficient (Wildman–Crippen LogP) is 3.12. The van der Waals surface area contributed by atoms with Crippen molar-refractivity contribution in [3.63, 3.8) is 0 Å². The molecule has 2 aliphatic rings. The highest BCUT2D eigenvalue weighted by molar-refractivity contribution is 6.07. The van der Waals surface area contributed by atoms with Crippen molar-refractivity contribution in [3.05, 3.63) is 70.5 Å². The van der Waals surface area contributed by atoms with Crippen molar-refractivity contribution < 1.29 is 4.79 Å². The van der Waals surface area contributed by atoms with Gasteiger partial charge in [0.15, 0.2) is 0 Å². The number of piperidine rings is 1. The summed E-state index contributed by atoms with van der Waals surface area (Å²) in [5.74, 6) is 1.06. The Morgan fingerprint density at radius 2 is 1.91 bits per heavy atom. The van der Waals surface area contributed by atoms with Gasteiger partial charge in [-0.15, -0.1) is 0 Å². The van der Waals surface area contributed by atoms with Crippen LogP contribution in [0.25, 0.3) is 12.2 Å². The number of aromatic nitrogens is 3. The third-order valence-corrected chi connectivity index (χ3v) is 7.66. The van der Waals surface area contributed by atoms with Gasteiger partial charge in [0.25, 0.3) is 5.91 Å². The van der Waals surface area contributed by atoms with Crippen molar-refractivity contribution in [3.8, 4) is 0 Å². The largest absolute Gasteiger partial charge is 0.363 e. The number of nitrogens with zero attached hydrogens (tertiary/aromatic N) is 3. The SMILES string of the molecule is CN1CCC(C(C)(C)c2ccc(NC(=O)c3cccnc3NC3C=c4[nH]ncc4=CC3)cc2)CC1. The van der Waals surface area contributed by atoms with Crippen LogP contribution in [0.5, 0.6) is 0 Å². The number of anilines is 2. The molecule has 1 saturated heterocycles. The maximum atomic E-state index is 13.2. The first-order chi connectivity index (χ1) is 16.9. The van der Waals surface area contributed by atoms with E-state index < -0.39 is 0 Å². The summed E-state index contributed by atoms with van der Waals surface area (Å²) in [6.07, 6.45) is 11.0. The van der Waals surface area contributed by atoms with Crippen LogP contribution in [0.3, 0.4) is 0 Å². The molecule has 5 rings (SSSR count). The summed E-state index contributed by atoms with van der Waals surface area (Å²) in [5.41, 5.74) is 2.72. The molecular formula is C28H34N6O. The lowest BCUT2D eigenvalue weighted by Gasteiger charge is -2.40. The average molecular weight is 471 g/mol. The van der Waals surface area contributed by atoms with Crippen molar-refractivity contribution in [1.82, 2.24) is 20.1 Å². The highest BCUT2D eigenvalue weighted by Crippen LogP contribution is 2.38. The van der Waals surface area contributed by atoms with Crippen LogP contribution in [0.1, 0.15) is 49.0 Å². The quantitative estimate of drug-likeness (QED) is 0.515. The minimum absolute atomic E-state index is 0.0329. The Hall–Kier alpha value is -3.45. The van der Waals surface area contributed by atoms with Gasteiger partial charge in [0.1, 0.15) is 5.82 Å². The minimum atomic E-state index is -0.176. The zero-order valence-corrected chi connectivity index (χ0v) is 20.7. The van der Waals surface area contributed by atoms with Gasteiger partial charge >= 0.3 is 0 Å². The number of aromatic amines is 1. The molecule has 1 aliphatic carbocycles. The van der Waals surface area contributed by atoms with Gasteiger partial charge < -0.3 is 15.5 Å². The summed E-state index contributed by atoms with van der Waals surface area (Å²) in [4.78, 5) is 20.0. The third kappa shape index (κ3) is 5.00. The Balaban J connectivity index is 1.27. The second-order valence-electron chi connectivity index (χ2n) is 10.3. The smallest absolute Gasteiger partial charge is 0.259 e. The van der Waals surface area contributed by atoms with Crippen molar-refractivity contribution in [1.29, 1.82) is 0 Å². The minimum Gasteiger partial charge on any atom is -0.363 e. The normalized spacial score (nSPS) is 18.8. The maximum Gasteiger partial charge on any atom is 0.259 e. The second kappa shape index (κ2) is 9.66. The van der Waals surface area contributed by atoms with Gasteiger partial charge in [-0.1, -0.05) is 32.1 Å². The molecule has 0 radical (unpaired) electrons. The molecule has 7 nitrogen and oxygen atoms in total. The third-order valence-electron chi connectivity index (χ3n) is 7.66. The number of nitrogens with one attached hydrogen (secondary N) is 3. The van der Waals surface area contributed by atoms with Gasteiger partial charge in [-0.2, -0.15) is 5.10 Å². The molecule has 1 fully saturated rings. The molecule has 1 unspecified atom stereocenters. The molecule has 1 aromatic carbocycles. The highest BCUT2D eigenvalue weighted by atomic mass is 16.1. The lowest BCUT2D eigenvalue weighted by Crippen LogP contribution is -2.39. The first-order valence-corrected chi connectivity index (χ1v) is 12.4. The molecule has 1 amide bonds. The van der Waals surface area contributed by atoms with Crippen LogP contribution in [0.15, 0.2) is 48.8 Å². The van der Waals surface area contributed by atoms with Gasteiger partial charge in [-0.05, 0) is 86.6 Å². The number of pyridine rings is 1. The fourth-order valence-corrected chi connectivity index (χ4v) is 5.25. The fourth-order valence-electron chi connectivity index (χ4n) is 5.25. The Labute approximate surface area is 206 Å². The van der Waals surface area contributed by atoms with Gasteiger partial charge in [-0.3, -0.25) is 9.89 Å². The molecule has 0 bridgehead atoms. The lowest BCUT2D eigenvalue weighted by molar-refractivity contribution is 0.102. The number of rotatable bonds is 6. The van der Waals surface area contributed by atoms with Crippen LogP contribution in [0.4, 0.5) is 11.5 Å². The van der Waals surface area contributed by atoms with E-state index in [1.165, 1.54) is 18.4 Å². The number of hydrogen-bond acceptors (Lipinski definition) is 5. The van der Waals surface area contributed by atoms with E-state index in [-0.39, 0.29) is 17.4 Å². The summed E-state index contributed by atoms with van der Waals surface area (Å²) >= 11 is 0. The molecular weight excluding hydrogens is 436 g/mol. The molecule has 3 aromatic rings. The average Bonchev–Trinajstić information content (AvgIpc) is 3.33. The first-order valence-electron chi connectivity index (χ1n) is 12.4. The van der Waals surface area contributed by atoms with Crippen molar-refractivity contribution in [2.45, 2.75) is 44.6 Å². The first kappa shape index (κ1) is 23.3. The van der Waals surface area contributed by atoms with Crippen LogP contribution in [0.2, 0.25) is 0 Å². The second-order valence-corrected chi connectivity index (χ2v) is 10.3. The molecule has 1 aliphatic heterocycles. The molecule has 1 atom stereocenters. The molecule has 7 heteroatoms. The maximum absolute atomic E-state index is 13.2. The Morgan fingerprint density at radius 1 is 1.14 bits per heavy atom. The molecule has 0 saturated carbocycles. The Bertz CT molecular complexity index is 1300. The van der Waals surface area contributed by atoms with Gasteiger partial charge in [0, 0.05) is 17.1 Å². The molecule has 3 heterocycles. The molecule has 0 spiro atoms. The van der Waals surface area contributed by atoms with E-state index in [0.717, 1.165) is 35.8 Å². The van der Waals surface area contributed by atoms with Gasteiger partial charge in [-0.25, -0.2) is 4.98 Å². The van der Waals surface area contributed by atoms with Gasteiger partial charge in [0.05, 0.1) is 23.2 Å². The van der Waals surface area contributed by atoms with E-state index in [0.29, 0.717) is 17.3 Å². The number of fused-ring (bicyclic) bond motifs is 1. The number of carbonyl (C=O) groups excluding carboxylic acids is 1. The standard InChI is InChI=1S/C28H34N6O/c1-28(2,21-12-15-34(3)16-13-21)20-7-10-22(11-8-20)32-27(35)24-5-4-14-29-26(24)31-23-9-6-19-18-30-33-25(19)17-23/h4-8,10-11,14,17-18,21,23,33H,9,12-13,15-16H2,1-3H3,(H,29,31)(H,32,35). The zero-order valence-electron chi connectivity index (χ0n) is 20.7. The van der Waals surface area contributed by atoms with E-state index in [2.05, 4.69) is 75.9 Å².